The SMILES string of the molecule is C=CC(=O)OC(C)(C)CC1CCCCC1. The van der Waals surface area contributed by atoms with Crippen LogP contribution in [0, 0.1) is 5.92 Å². The van der Waals surface area contributed by atoms with Crippen LogP contribution in [0.3, 0.4) is 0 Å². The van der Waals surface area contributed by atoms with Crippen molar-refractivity contribution >= 4 is 5.97 Å². The third-order valence-electron chi connectivity index (χ3n) is 3.05. The van der Waals surface area contributed by atoms with Gasteiger partial charge in [-0.1, -0.05) is 38.7 Å². The third kappa shape index (κ3) is 4.50. The normalized spacial score (nSPS) is 18.5. The van der Waals surface area contributed by atoms with E-state index in [1.807, 2.05) is 13.8 Å². The van der Waals surface area contributed by atoms with Crippen LogP contribution in [-0.2, 0) is 9.53 Å². The summed E-state index contributed by atoms with van der Waals surface area (Å²) in [6.45, 7) is 7.40. The van der Waals surface area contributed by atoms with Gasteiger partial charge >= 0.3 is 5.97 Å². The predicted molar refractivity (Wildman–Crippen MR) is 61.6 cm³/mol. The number of carbonyl (C=O) groups excluding carboxylic acids is 1. The van der Waals surface area contributed by atoms with Gasteiger partial charge in [-0.3, -0.25) is 0 Å². The smallest absolute Gasteiger partial charge is 0.330 e. The zero-order valence-electron chi connectivity index (χ0n) is 9.92. The molecule has 0 atom stereocenters. The Labute approximate surface area is 92.7 Å². The molecule has 15 heavy (non-hydrogen) atoms. The van der Waals surface area contributed by atoms with Crippen LogP contribution >= 0.6 is 0 Å². The minimum atomic E-state index is -0.340. The lowest BCUT2D eigenvalue weighted by molar-refractivity contribution is -0.151. The van der Waals surface area contributed by atoms with E-state index in [1.54, 1.807) is 0 Å². The number of hydrogen-bond acceptors (Lipinski definition) is 2. The van der Waals surface area contributed by atoms with Gasteiger partial charge in [0.1, 0.15) is 5.60 Å². The molecule has 2 nitrogen and oxygen atoms in total. The van der Waals surface area contributed by atoms with Crippen molar-refractivity contribution in [1.29, 1.82) is 0 Å². The standard InChI is InChI=1S/C13H22O2/c1-4-12(14)15-13(2,3)10-11-8-6-5-7-9-11/h4,11H,1,5-10H2,2-3H3. The van der Waals surface area contributed by atoms with Gasteiger partial charge in [-0.05, 0) is 26.2 Å². The van der Waals surface area contributed by atoms with Crippen molar-refractivity contribution in [3.8, 4) is 0 Å². The molecule has 0 bridgehead atoms. The highest BCUT2D eigenvalue weighted by atomic mass is 16.6. The highest BCUT2D eigenvalue weighted by Gasteiger charge is 2.27. The summed E-state index contributed by atoms with van der Waals surface area (Å²) in [5.74, 6) is 0.419. The molecule has 0 aromatic carbocycles. The van der Waals surface area contributed by atoms with Gasteiger partial charge in [0.05, 0.1) is 0 Å². The van der Waals surface area contributed by atoms with Gasteiger partial charge in [0.25, 0.3) is 0 Å². The topological polar surface area (TPSA) is 26.3 Å². The molecule has 0 amide bonds. The number of rotatable bonds is 4. The van der Waals surface area contributed by atoms with E-state index in [4.69, 9.17) is 4.74 Å². The Hall–Kier alpha value is -0.790. The molecule has 0 saturated heterocycles. The molecule has 0 N–H and O–H groups in total. The van der Waals surface area contributed by atoms with E-state index in [1.165, 1.54) is 38.2 Å². The molecule has 1 aliphatic rings. The predicted octanol–water partition coefficient (Wildman–Crippen LogP) is 3.46. The molecule has 0 aliphatic heterocycles. The Kier molecular flexibility index (Phi) is 4.37. The fraction of sp³-hybridized carbons (Fsp3) is 0.769. The van der Waals surface area contributed by atoms with Crippen LogP contribution in [0.2, 0.25) is 0 Å². The van der Waals surface area contributed by atoms with E-state index in [-0.39, 0.29) is 11.6 Å². The first-order valence-corrected chi connectivity index (χ1v) is 5.89. The Balaban J connectivity index is 2.39. The lowest BCUT2D eigenvalue weighted by atomic mass is 9.82. The fourth-order valence-corrected chi connectivity index (χ4v) is 2.44. The summed E-state index contributed by atoms with van der Waals surface area (Å²) in [4.78, 5) is 11.1. The monoisotopic (exact) mass is 210 g/mol. The van der Waals surface area contributed by atoms with Crippen molar-refractivity contribution in [2.24, 2.45) is 5.92 Å². The summed E-state index contributed by atoms with van der Waals surface area (Å²) in [5.41, 5.74) is -0.340. The minimum absolute atomic E-state index is 0.309. The maximum atomic E-state index is 11.1. The molecular weight excluding hydrogens is 188 g/mol. The van der Waals surface area contributed by atoms with Crippen molar-refractivity contribution in [1.82, 2.24) is 0 Å². The van der Waals surface area contributed by atoms with Crippen LogP contribution in [0.15, 0.2) is 12.7 Å². The van der Waals surface area contributed by atoms with E-state index < -0.39 is 0 Å². The van der Waals surface area contributed by atoms with Gasteiger partial charge in [0.15, 0.2) is 0 Å². The van der Waals surface area contributed by atoms with Gasteiger partial charge in [0.2, 0.25) is 0 Å². The van der Waals surface area contributed by atoms with Crippen LogP contribution in [0.5, 0.6) is 0 Å². The highest BCUT2D eigenvalue weighted by molar-refractivity contribution is 5.81. The summed E-state index contributed by atoms with van der Waals surface area (Å²) in [6.07, 6.45) is 8.81. The second-order valence-corrected chi connectivity index (χ2v) is 5.09. The second-order valence-electron chi connectivity index (χ2n) is 5.09. The first kappa shape index (κ1) is 12.3. The molecule has 0 aromatic heterocycles. The lowest BCUT2D eigenvalue weighted by Gasteiger charge is -2.31. The van der Waals surface area contributed by atoms with E-state index in [2.05, 4.69) is 6.58 Å². The fourth-order valence-electron chi connectivity index (χ4n) is 2.44. The van der Waals surface area contributed by atoms with Crippen LogP contribution in [0.25, 0.3) is 0 Å². The Morgan fingerprint density at radius 1 is 1.40 bits per heavy atom. The lowest BCUT2D eigenvalue weighted by Crippen LogP contribution is -2.30. The molecule has 1 fully saturated rings. The van der Waals surface area contributed by atoms with E-state index >= 15 is 0 Å². The molecule has 2 heteroatoms. The summed E-state index contributed by atoms with van der Waals surface area (Å²) >= 11 is 0. The first-order valence-electron chi connectivity index (χ1n) is 5.89. The average Bonchev–Trinajstić information content (AvgIpc) is 2.17. The van der Waals surface area contributed by atoms with Crippen molar-refractivity contribution in [3.63, 3.8) is 0 Å². The number of carbonyl (C=O) groups is 1. The van der Waals surface area contributed by atoms with E-state index in [0.29, 0.717) is 0 Å². The molecule has 86 valence electrons. The molecule has 0 aromatic rings. The molecule has 1 saturated carbocycles. The zero-order valence-corrected chi connectivity index (χ0v) is 9.92. The number of ether oxygens (including phenoxy) is 1. The summed E-state index contributed by atoms with van der Waals surface area (Å²) in [6, 6.07) is 0. The van der Waals surface area contributed by atoms with Crippen molar-refractivity contribution in [2.45, 2.75) is 58.0 Å². The molecule has 1 rings (SSSR count). The van der Waals surface area contributed by atoms with Crippen LogP contribution in [0.4, 0.5) is 0 Å². The van der Waals surface area contributed by atoms with Crippen molar-refractivity contribution in [3.05, 3.63) is 12.7 Å². The molecule has 0 unspecified atom stereocenters. The molecule has 0 heterocycles. The van der Waals surface area contributed by atoms with Crippen molar-refractivity contribution in [2.75, 3.05) is 0 Å². The van der Waals surface area contributed by atoms with Crippen molar-refractivity contribution < 1.29 is 9.53 Å². The summed E-state index contributed by atoms with van der Waals surface area (Å²) in [7, 11) is 0. The van der Waals surface area contributed by atoms with Gasteiger partial charge < -0.3 is 4.74 Å². The first-order chi connectivity index (χ1) is 7.03. The Morgan fingerprint density at radius 3 is 2.53 bits per heavy atom. The molecule has 0 radical (unpaired) electrons. The number of hydrogen-bond donors (Lipinski definition) is 0. The highest BCUT2D eigenvalue weighted by Crippen LogP contribution is 2.31. The van der Waals surface area contributed by atoms with Gasteiger partial charge in [-0.15, -0.1) is 0 Å². The maximum absolute atomic E-state index is 11.1. The minimum Gasteiger partial charge on any atom is -0.457 e. The summed E-state index contributed by atoms with van der Waals surface area (Å²) in [5, 5.41) is 0. The van der Waals surface area contributed by atoms with E-state index in [0.717, 1.165) is 12.3 Å². The van der Waals surface area contributed by atoms with Gasteiger partial charge in [0, 0.05) is 6.08 Å². The zero-order chi connectivity index (χ0) is 11.3. The van der Waals surface area contributed by atoms with Crippen LogP contribution in [-0.4, -0.2) is 11.6 Å². The Bertz CT molecular complexity index is 225. The average molecular weight is 210 g/mol. The quantitative estimate of drug-likeness (QED) is 0.524. The maximum Gasteiger partial charge on any atom is 0.330 e. The van der Waals surface area contributed by atoms with Crippen LogP contribution in [0.1, 0.15) is 52.4 Å². The van der Waals surface area contributed by atoms with Gasteiger partial charge in [-0.2, -0.15) is 0 Å². The molecule has 0 spiro atoms. The summed E-state index contributed by atoms with van der Waals surface area (Å²) < 4.78 is 5.33. The Morgan fingerprint density at radius 2 is 2.00 bits per heavy atom. The molecule has 1 aliphatic carbocycles. The largest absolute Gasteiger partial charge is 0.457 e. The third-order valence-corrected chi connectivity index (χ3v) is 3.05. The second kappa shape index (κ2) is 5.34. The van der Waals surface area contributed by atoms with Crippen LogP contribution < -0.4 is 0 Å². The molecular formula is C13H22O2. The van der Waals surface area contributed by atoms with Gasteiger partial charge in [-0.25, -0.2) is 4.79 Å². The van der Waals surface area contributed by atoms with E-state index in [9.17, 15) is 4.79 Å². The number of esters is 1.